The fourth-order valence-corrected chi connectivity index (χ4v) is 3.05. The molecule has 0 aliphatic carbocycles. The first-order chi connectivity index (χ1) is 10.9. The van der Waals surface area contributed by atoms with Gasteiger partial charge in [-0.3, -0.25) is 4.79 Å². The van der Waals surface area contributed by atoms with Crippen LogP contribution in [0.4, 0.5) is 0 Å². The molecule has 0 fully saturated rings. The summed E-state index contributed by atoms with van der Waals surface area (Å²) in [7, 11) is 0. The number of amides is 1. The summed E-state index contributed by atoms with van der Waals surface area (Å²) < 4.78 is 5.04. The van der Waals surface area contributed by atoms with Crippen LogP contribution < -0.4 is 0 Å². The fraction of sp³-hybridized carbons (Fsp3) is 0.444. The molecule has 0 unspecified atom stereocenters. The van der Waals surface area contributed by atoms with Crippen molar-refractivity contribution in [1.29, 1.82) is 0 Å². The van der Waals surface area contributed by atoms with Gasteiger partial charge in [0.15, 0.2) is 0 Å². The molecular formula is C18H24N2O2S. The average Bonchev–Trinajstić information content (AvgIpc) is 2.90. The molecule has 2 aromatic rings. The van der Waals surface area contributed by atoms with Gasteiger partial charge in [-0.2, -0.15) is 0 Å². The summed E-state index contributed by atoms with van der Waals surface area (Å²) >= 11 is 1.57. The van der Waals surface area contributed by atoms with Crippen molar-refractivity contribution in [2.24, 2.45) is 0 Å². The topological polar surface area (TPSA) is 46.3 Å². The minimum Gasteiger partial charge on any atom is -0.361 e. The number of carbonyl (C=O) groups excluding carboxylic acids is 1. The molecule has 1 amide bonds. The van der Waals surface area contributed by atoms with Gasteiger partial charge in [-0.05, 0) is 33.3 Å². The highest BCUT2D eigenvalue weighted by Gasteiger charge is 2.26. The minimum absolute atomic E-state index is 0.145. The SMILES string of the molecule is Cc1cc(CSCC(=O)N(Cc2ccccc2)C(C)(C)C)no1. The lowest BCUT2D eigenvalue weighted by molar-refractivity contribution is -0.133. The molecular weight excluding hydrogens is 308 g/mol. The molecule has 0 spiro atoms. The van der Waals surface area contributed by atoms with Gasteiger partial charge in [0.1, 0.15) is 5.76 Å². The molecule has 0 aliphatic heterocycles. The molecule has 1 aromatic carbocycles. The third kappa shape index (κ3) is 5.43. The van der Waals surface area contributed by atoms with Crippen molar-refractivity contribution in [3.63, 3.8) is 0 Å². The maximum absolute atomic E-state index is 12.7. The number of thioether (sulfide) groups is 1. The van der Waals surface area contributed by atoms with Crippen molar-refractivity contribution in [2.45, 2.75) is 45.5 Å². The third-order valence-electron chi connectivity index (χ3n) is 3.45. The van der Waals surface area contributed by atoms with Crippen LogP contribution in [-0.2, 0) is 17.1 Å². The first-order valence-corrected chi connectivity index (χ1v) is 8.86. The van der Waals surface area contributed by atoms with Gasteiger partial charge in [0, 0.05) is 23.9 Å². The summed E-state index contributed by atoms with van der Waals surface area (Å²) in [5, 5.41) is 3.95. The molecule has 5 heteroatoms. The summed E-state index contributed by atoms with van der Waals surface area (Å²) in [5.41, 5.74) is 1.82. The Morgan fingerprint density at radius 3 is 2.52 bits per heavy atom. The maximum atomic E-state index is 12.7. The molecule has 0 atom stereocenters. The molecule has 0 aliphatic rings. The van der Waals surface area contributed by atoms with Gasteiger partial charge >= 0.3 is 0 Å². The smallest absolute Gasteiger partial charge is 0.233 e. The summed E-state index contributed by atoms with van der Waals surface area (Å²) in [6, 6.07) is 12.0. The summed E-state index contributed by atoms with van der Waals surface area (Å²) in [4.78, 5) is 14.6. The van der Waals surface area contributed by atoms with Gasteiger partial charge in [0.05, 0.1) is 11.4 Å². The van der Waals surface area contributed by atoms with Crippen molar-refractivity contribution in [3.05, 3.63) is 53.4 Å². The number of hydrogen-bond acceptors (Lipinski definition) is 4. The van der Waals surface area contributed by atoms with Gasteiger partial charge in [-0.25, -0.2) is 0 Å². The lowest BCUT2D eigenvalue weighted by atomic mass is 10.0. The van der Waals surface area contributed by atoms with Crippen molar-refractivity contribution >= 4 is 17.7 Å². The van der Waals surface area contributed by atoms with Gasteiger partial charge in [0.25, 0.3) is 0 Å². The predicted molar refractivity (Wildman–Crippen MR) is 94.1 cm³/mol. The zero-order valence-corrected chi connectivity index (χ0v) is 15.0. The van der Waals surface area contributed by atoms with E-state index in [9.17, 15) is 4.79 Å². The van der Waals surface area contributed by atoms with Gasteiger partial charge in [-0.15, -0.1) is 11.8 Å². The van der Waals surface area contributed by atoms with Crippen LogP contribution in [0.15, 0.2) is 40.9 Å². The average molecular weight is 332 g/mol. The fourth-order valence-electron chi connectivity index (χ4n) is 2.27. The number of rotatable bonds is 6. The van der Waals surface area contributed by atoms with Crippen LogP contribution in [0.2, 0.25) is 0 Å². The monoisotopic (exact) mass is 332 g/mol. The summed E-state index contributed by atoms with van der Waals surface area (Å²) in [6.07, 6.45) is 0. The van der Waals surface area contributed by atoms with E-state index in [1.165, 1.54) is 0 Å². The third-order valence-corrected chi connectivity index (χ3v) is 4.40. The van der Waals surface area contributed by atoms with E-state index in [2.05, 4.69) is 38.1 Å². The highest BCUT2D eigenvalue weighted by atomic mass is 32.2. The number of benzene rings is 1. The van der Waals surface area contributed by atoms with E-state index in [1.807, 2.05) is 36.1 Å². The van der Waals surface area contributed by atoms with Crippen LogP contribution in [0, 0.1) is 6.92 Å². The zero-order chi connectivity index (χ0) is 16.9. The van der Waals surface area contributed by atoms with Gasteiger partial charge in [-0.1, -0.05) is 35.5 Å². The van der Waals surface area contributed by atoms with Crippen LogP contribution in [-0.4, -0.2) is 27.3 Å². The second-order valence-corrected chi connectivity index (χ2v) is 7.54. The van der Waals surface area contributed by atoms with E-state index >= 15 is 0 Å². The Labute approximate surface area is 142 Å². The molecule has 23 heavy (non-hydrogen) atoms. The molecule has 1 aromatic heterocycles. The molecule has 4 nitrogen and oxygen atoms in total. The van der Waals surface area contributed by atoms with Crippen LogP contribution >= 0.6 is 11.8 Å². The Kier molecular flexibility index (Phi) is 5.88. The largest absolute Gasteiger partial charge is 0.361 e. The number of aryl methyl sites for hydroxylation is 1. The van der Waals surface area contributed by atoms with E-state index in [1.54, 1.807) is 11.8 Å². The van der Waals surface area contributed by atoms with Crippen molar-refractivity contribution in [1.82, 2.24) is 10.1 Å². The number of hydrogen-bond donors (Lipinski definition) is 0. The Bertz CT molecular complexity index is 632. The molecule has 0 radical (unpaired) electrons. The first kappa shape index (κ1) is 17.6. The molecule has 2 rings (SSSR count). The Morgan fingerprint density at radius 2 is 1.96 bits per heavy atom. The van der Waals surface area contributed by atoms with Gasteiger partial charge in [0.2, 0.25) is 5.91 Å². The summed E-state index contributed by atoms with van der Waals surface area (Å²) in [6.45, 7) is 8.71. The normalized spacial score (nSPS) is 11.5. The Balaban J connectivity index is 1.94. The molecule has 0 N–H and O–H groups in total. The van der Waals surface area contributed by atoms with E-state index in [0.717, 1.165) is 17.0 Å². The summed E-state index contributed by atoms with van der Waals surface area (Å²) in [5.74, 6) is 2.07. The molecule has 124 valence electrons. The highest BCUT2D eigenvalue weighted by Crippen LogP contribution is 2.20. The molecule has 0 saturated heterocycles. The standard InChI is InChI=1S/C18H24N2O2S/c1-14-10-16(19-22-14)12-23-13-17(21)20(18(2,3)4)11-15-8-6-5-7-9-15/h5-10H,11-13H2,1-4H3. The predicted octanol–water partition coefficient (Wildman–Crippen LogP) is 4.04. The van der Waals surface area contributed by atoms with Crippen LogP contribution in [0.3, 0.4) is 0 Å². The number of nitrogens with zero attached hydrogens (tertiary/aromatic N) is 2. The van der Waals surface area contributed by atoms with Crippen LogP contribution in [0.1, 0.15) is 37.8 Å². The lowest BCUT2D eigenvalue weighted by Gasteiger charge is -2.36. The number of carbonyl (C=O) groups is 1. The van der Waals surface area contributed by atoms with Crippen LogP contribution in [0.25, 0.3) is 0 Å². The second kappa shape index (κ2) is 7.68. The molecule has 0 bridgehead atoms. The molecule has 1 heterocycles. The van der Waals surface area contributed by atoms with E-state index in [4.69, 9.17) is 4.52 Å². The van der Waals surface area contributed by atoms with E-state index < -0.39 is 0 Å². The van der Waals surface area contributed by atoms with E-state index in [-0.39, 0.29) is 11.4 Å². The van der Waals surface area contributed by atoms with Crippen LogP contribution in [0.5, 0.6) is 0 Å². The molecule has 0 saturated carbocycles. The van der Waals surface area contributed by atoms with E-state index in [0.29, 0.717) is 18.1 Å². The highest BCUT2D eigenvalue weighted by molar-refractivity contribution is 7.99. The van der Waals surface area contributed by atoms with Gasteiger partial charge < -0.3 is 9.42 Å². The maximum Gasteiger partial charge on any atom is 0.233 e. The minimum atomic E-state index is -0.210. The van der Waals surface area contributed by atoms with Crippen molar-refractivity contribution in [3.8, 4) is 0 Å². The van der Waals surface area contributed by atoms with Crippen molar-refractivity contribution in [2.75, 3.05) is 5.75 Å². The number of aromatic nitrogens is 1. The Hall–Kier alpha value is -1.75. The Morgan fingerprint density at radius 1 is 1.26 bits per heavy atom. The van der Waals surface area contributed by atoms with Crippen molar-refractivity contribution < 1.29 is 9.32 Å². The first-order valence-electron chi connectivity index (χ1n) is 7.70. The zero-order valence-electron chi connectivity index (χ0n) is 14.2. The lowest BCUT2D eigenvalue weighted by Crippen LogP contribution is -2.45. The quantitative estimate of drug-likeness (QED) is 0.801. The second-order valence-electron chi connectivity index (χ2n) is 6.56.